The molecular formula is C29H21F5N3O2+. The first-order valence-electron chi connectivity index (χ1n) is 11.8. The van der Waals surface area contributed by atoms with Crippen molar-refractivity contribution in [2.24, 2.45) is 0 Å². The van der Waals surface area contributed by atoms with E-state index in [4.69, 9.17) is 9.47 Å². The summed E-state index contributed by atoms with van der Waals surface area (Å²) >= 11 is 0. The van der Waals surface area contributed by atoms with Crippen LogP contribution in [-0.2, 0) is 12.8 Å². The van der Waals surface area contributed by atoms with Gasteiger partial charge in [0, 0.05) is 23.9 Å². The highest BCUT2D eigenvalue weighted by Gasteiger charge is 2.35. The molecule has 0 fully saturated rings. The van der Waals surface area contributed by atoms with Crippen molar-refractivity contribution < 1.29 is 36.4 Å². The van der Waals surface area contributed by atoms with Gasteiger partial charge in [0.25, 0.3) is 0 Å². The normalized spacial score (nSPS) is 11.6. The Morgan fingerprint density at radius 1 is 0.923 bits per heavy atom. The van der Waals surface area contributed by atoms with E-state index in [1.807, 2.05) is 30.3 Å². The fourth-order valence-electron chi connectivity index (χ4n) is 4.16. The summed E-state index contributed by atoms with van der Waals surface area (Å²) < 4.78 is 81.4. The first-order valence-corrected chi connectivity index (χ1v) is 11.8. The van der Waals surface area contributed by atoms with Gasteiger partial charge in [-0.05, 0) is 37.1 Å². The van der Waals surface area contributed by atoms with Crippen LogP contribution in [0.25, 0.3) is 22.2 Å². The number of ether oxygens (including phenoxy) is 2. The molecule has 0 aliphatic rings. The van der Waals surface area contributed by atoms with Gasteiger partial charge in [-0.3, -0.25) is 0 Å². The van der Waals surface area contributed by atoms with Crippen molar-refractivity contribution in [3.8, 4) is 28.6 Å². The number of alkyl halides is 3. The molecule has 0 aliphatic carbocycles. The van der Waals surface area contributed by atoms with Crippen LogP contribution < -0.4 is 14.5 Å². The fourth-order valence-corrected chi connectivity index (χ4v) is 4.16. The van der Waals surface area contributed by atoms with Gasteiger partial charge >= 0.3 is 6.18 Å². The molecule has 39 heavy (non-hydrogen) atoms. The smallest absolute Gasteiger partial charge is 0.418 e. The Kier molecular flexibility index (Phi) is 6.86. The predicted molar refractivity (Wildman–Crippen MR) is 133 cm³/mol. The third kappa shape index (κ3) is 5.22. The van der Waals surface area contributed by atoms with Crippen molar-refractivity contribution in [2.75, 3.05) is 0 Å². The minimum Gasteiger partial charge on any atom is -0.488 e. The van der Waals surface area contributed by atoms with Crippen LogP contribution in [0.2, 0.25) is 0 Å². The molecule has 10 heteroatoms. The fraction of sp³-hybridized carbons (Fsp3) is 0.138. The third-order valence-electron chi connectivity index (χ3n) is 6.21. The summed E-state index contributed by atoms with van der Waals surface area (Å²) in [5, 5.41) is 0.605. The van der Waals surface area contributed by atoms with Gasteiger partial charge < -0.3 is 9.47 Å². The van der Waals surface area contributed by atoms with Gasteiger partial charge in [-0.1, -0.05) is 30.3 Å². The SMILES string of the molecule is Cc1c(Oc2ncc(C(F)(F)F)c(C)c2-c2cc(OCc3ccccc3)c3c[nH+]ccc3n2)ccc(F)c1F. The molecule has 0 saturated heterocycles. The molecular weight excluding hydrogens is 517 g/mol. The van der Waals surface area contributed by atoms with Crippen LogP contribution in [-0.4, -0.2) is 9.97 Å². The molecule has 0 bridgehead atoms. The van der Waals surface area contributed by atoms with Crippen molar-refractivity contribution in [1.82, 2.24) is 9.97 Å². The van der Waals surface area contributed by atoms with Crippen LogP contribution in [0, 0.1) is 25.5 Å². The van der Waals surface area contributed by atoms with Gasteiger partial charge in [0.1, 0.15) is 23.5 Å². The lowest BCUT2D eigenvalue weighted by atomic mass is 10.0. The summed E-state index contributed by atoms with van der Waals surface area (Å²) in [4.78, 5) is 11.5. The van der Waals surface area contributed by atoms with E-state index in [0.717, 1.165) is 11.6 Å². The molecule has 1 N–H and O–H groups in total. The van der Waals surface area contributed by atoms with Crippen LogP contribution in [0.3, 0.4) is 0 Å². The second-order valence-electron chi connectivity index (χ2n) is 8.78. The summed E-state index contributed by atoms with van der Waals surface area (Å²) in [6.45, 7) is 2.77. The molecule has 0 unspecified atom stereocenters. The van der Waals surface area contributed by atoms with Crippen LogP contribution in [0.5, 0.6) is 17.4 Å². The monoisotopic (exact) mass is 538 g/mol. The third-order valence-corrected chi connectivity index (χ3v) is 6.21. The summed E-state index contributed by atoms with van der Waals surface area (Å²) in [7, 11) is 0. The van der Waals surface area contributed by atoms with Gasteiger partial charge in [-0.15, -0.1) is 0 Å². The maximum absolute atomic E-state index is 14.2. The highest BCUT2D eigenvalue weighted by Crippen LogP contribution is 2.42. The largest absolute Gasteiger partial charge is 0.488 e. The topological polar surface area (TPSA) is 58.4 Å². The molecule has 0 atom stereocenters. The zero-order valence-corrected chi connectivity index (χ0v) is 20.7. The molecule has 3 aromatic heterocycles. The molecule has 0 saturated carbocycles. The minimum absolute atomic E-state index is 0.0618. The minimum atomic E-state index is -4.71. The van der Waals surface area contributed by atoms with E-state index in [2.05, 4.69) is 15.0 Å². The van der Waals surface area contributed by atoms with Gasteiger partial charge in [0.15, 0.2) is 24.0 Å². The summed E-state index contributed by atoms with van der Waals surface area (Å²) in [5.41, 5.74) is 0.0308. The number of aromatic nitrogens is 3. The number of hydrogen-bond acceptors (Lipinski definition) is 4. The molecule has 5 aromatic rings. The number of halogens is 5. The van der Waals surface area contributed by atoms with E-state index >= 15 is 0 Å². The Morgan fingerprint density at radius 2 is 1.69 bits per heavy atom. The highest BCUT2D eigenvalue weighted by atomic mass is 19.4. The first kappa shape index (κ1) is 26.0. The van der Waals surface area contributed by atoms with E-state index < -0.39 is 23.4 Å². The summed E-state index contributed by atoms with van der Waals surface area (Å²) in [6, 6.07) is 14.6. The Hall–Kier alpha value is -4.60. The standard InChI is InChI=1S/C29H20F5N3O2/c1-16-20(29(32,33)34)14-36-28(39-24-9-8-21(30)27(31)17(24)2)26(16)23-12-25(19-13-35-11-10-22(19)37-23)38-15-18-6-4-3-5-7-18/h3-14H,15H2,1-2H3/p+1. The average Bonchev–Trinajstić information content (AvgIpc) is 2.92. The Bertz CT molecular complexity index is 1670. The van der Waals surface area contributed by atoms with E-state index in [-0.39, 0.29) is 40.6 Å². The Labute approximate surface area is 219 Å². The molecule has 0 amide bonds. The maximum atomic E-state index is 14.2. The van der Waals surface area contributed by atoms with Crippen LogP contribution in [0.4, 0.5) is 22.0 Å². The number of aromatic amines is 1. The molecule has 3 heterocycles. The van der Waals surface area contributed by atoms with E-state index in [1.165, 1.54) is 26.0 Å². The van der Waals surface area contributed by atoms with E-state index in [1.54, 1.807) is 18.5 Å². The summed E-state index contributed by atoms with van der Waals surface area (Å²) in [5.74, 6) is -2.20. The lowest BCUT2D eigenvalue weighted by molar-refractivity contribution is -0.375. The van der Waals surface area contributed by atoms with Crippen LogP contribution >= 0.6 is 0 Å². The molecule has 0 radical (unpaired) electrons. The average molecular weight is 538 g/mol. The number of fused-ring (bicyclic) bond motifs is 1. The van der Waals surface area contributed by atoms with Crippen molar-refractivity contribution in [3.05, 3.63) is 107 Å². The second kappa shape index (κ2) is 10.3. The van der Waals surface area contributed by atoms with E-state index in [0.29, 0.717) is 22.8 Å². The molecule has 0 spiro atoms. The van der Waals surface area contributed by atoms with Gasteiger partial charge in [-0.25, -0.2) is 23.7 Å². The number of H-pyrrole nitrogens is 1. The second-order valence-corrected chi connectivity index (χ2v) is 8.78. The summed E-state index contributed by atoms with van der Waals surface area (Å²) in [6.07, 6.45) is -0.766. The lowest BCUT2D eigenvalue weighted by Gasteiger charge is -2.19. The zero-order valence-electron chi connectivity index (χ0n) is 20.7. The maximum Gasteiger partial charge on any atom is 0.418 e. The van der Waals surface area contributed by atoms with Crippen molar-refractivity contribution in [2.45, 2.75) is 26.6 Å². The first-order chi connectivity index (χ1) is 18.6. The van der Waals surface area contributed by atoms with E-state index in [9.17, 15) is 22.0 Å². The zero-order chi connectivity index (χ0) is 27.7. The number of benzene rings is 2. The van der Waals surface area contributed by atoms with Gasteiger partial charge in [0.2, 0.25) is 5.88 Å². The molecule has 0 aliphatic heterocycles. The predicted octanol–water partition coefficient (Wildman–Crippen LogP) is 7.40. The van der Waals surface area contributed by atoms with Crippen molar-refractivity contribution in [1.29, 1.82) is 0 Å². The van der Waals surface area contributed by atoms with Crippen molar-refractivity contribution in [3.63, 3.8) is 0 Å². The number of pyridine rings is 3. The number of nitrogens with one attached hydrogen (secondary N) is 1. The quantitative estimate of drug-likeness (QED) is 0.212. The van der Waals surface area contributed by atoms with Crippen LogP contribution in [0.1, 0.15) is 22.3 Å². The number of hydrogen-bond donors (Lipinski definition) is 0. The Morgan fingerprint density at radius 3 is 2.44 bits per heavy atom. The number of nitrogens with zero attached hydrogens (tertiary/aromatic N) is 2. The molecule has 198 valence electrons. The molecule has 5 rings (SSSR count). The Balaban J connectivity index is 1.68. The van der Waals surface area contributed by atoms with Gasteiger partial charge in [0.05, 0.1) is 22.3 Å². The highest BCUT2D eigenvalue weighted by molar-refractivity contribution is 5.87. The number of rotatable bonds is 6. The van der Waals surface area contributed by atoms with Crippen molar-refractivity contribution >= 4 is 10.9 Å². The lowest BCUT2D eigenvalue weighted by Crippen LogP contribution is -2.11. The molecule has 5 nitrogen and oxygen atoms in total. The van der Waals surface area contributed by atoms with Crippen LogP contribution in [0.15, 0.2) is 73.2 Å². The molecule has 2 aromatic carbocycles. The van der Waals surface area contributed by atoms with Gasteiger partial charge in [-0.2, -0.15) is 13.2 Å².